The Morgan fingerprint density at radius 1 is 1.31 bits per heavy atom. The van der Waals surface area contributed by atoms with Gasteiger partial charge in [0.1, 0.15) is 0 Å². The van der Waals surface area contributed by atoms with E-state index in [1.165, 1.54) is 6.21 Å². The van der Waals surface area contributed by atoms with Crippen LogP contribution in [-0.2, 0) is 9.59 Å². The number of hydrazone groups is 1. The molecule has 0 saturated carbocycles. The largest absolute Gasteiger partial charge is 0.361 e. The smallest absolute Gasteiger partial charge is 0.329 e. The van der Waals surface area contributed by atoms with Crippen molar-refractivity contribution in [1.82, 2.24) is 5.43 Å². The molecule has 0 spiro atoms. The fraction of sp³-hybridized carbons (Fsp3) is 0. The zero-order valence-electron chi connectivity index (χ0n) is 7.91. The highest BCUT2D eigenvalue weighted by atomic mass is 35.5. The summed E-state index contributed by atoms with van der Waals surface area (Å²) < 4.78 is 0. The molecule has 0 saturated heterocycles. The topological polar surface area (TPSA) is 84.5 Å². The monoisotopic (exact) mass is 259 g/mol. The van der Waals surface area contributed by atoms with E-state index in [1.54, 1.807) is 18.2 Å². The quantitative estimate of drug-likeness (QED) is 0.471. The first kappa shape index (κ1) is 12.5. The van der Waals surface area contributed by atoms with Crippen LogP contribution >= 0.6 is 23.2 Å². The van der Waals surface area contributed by atoms with Crippen LogP contribution in [0.5, 0.6) is 0 Å². The van der Waals surface area contributed by atoms with Crippen LogP contribution in [0, 0.1) is 0 Å². The van der Waals surface area contributed by atoms with Gasteiger partial charge in [0.15, 0.2) is 0 Å². The molecule has 2 amide bonds. The van der Waals surface area contributed by atoms with Gasteiger partial charge < -0.3 is 5.73 Å². The molecule has 0 unspecified atom stereocenters. The molecule has 0 aliphatic carbocycles. The minimum atomic E-state index is -1.12. The summed E-state index contributed by atoms with van der Waals surface area (Å²) in [6.45, 7) is 0. The van der Waals surface area contributed by atoms with Crippen molar-refractivity contribution in [1.29, 1.82) is 0 Å². The summed E-state index contributed by atoms with van der Waals surface area (Å²) in [5.41, 5.74) is 7.06. The van der Waals surface area contributed by atoms with E-state index in [0.717, 1.165) is 0 Å². The molecule has 0 fully saturated rings. The highest BCUT2D eigenvalue weighted by Gasteiger charge is 2.06. The number of hydrogen-bond donors (Lipinski definition) is 2. The van der Waals surface area contributed by atoms with Crippen LogP contribution in [0.2, 0.25) is 10.0 Å². The molecule has 1 rings (SSSR count). The van der Waals surface area contributed by atoms with E-state index in [9.17, 15) is 9.59 Å². The van der Waals surface area contributed by atoms with Crippen molar-refractivity contribution in [3.05, 3.63) is 33.8 Å². The normalized spacial score (nSPS) is 10.4. The van der Waals surface area contributed by atoms with Gasteiger partial charge in [0.05, 0.1) is 16.3 Å². The van der Waals surface area contributed by atoms with Crippen LogP contribution in [0.15, 0.2) is 23.3 Å². The summed E-state index contributed by atoms with van der Waals surface area (Å²) in [7, 11) is 0. The standard InChI is InChI=1S/C9H7Cl2N3O2/c10-6-2-1-3-7(11)5(6)4-13-14-9(16)8(12)15/h1-4H,(H2,12,15)(H,14,16). The van der Waals surface area contributed by atoms with Gasteiger partial charge in [-0.05, 0) is 12.1 Å². The van der Waals surface area contributed by atoms with Gasteiger partial charge in [0, 0.05) is 5.56 Å². The van der Waals surface area contributed by atoms with Gasteiger partial charge in [0.25, 0.3) is 0 Å². The third-order valence-electron chi connectivity index (χ3n) is 1.58. The number of nitrogens with two attached hydrogens (primary N) is 1. The maximum atomic E-state index is 10.7. The van der Waals surface area contributed by atoms with Crippen LogP contribution in [0.4, 0.5) is 0 Å². The number of benzene rings is 1. The Kier molecular flexibility index (Phi) is 4.28. The number of carbonyl (C=O) groups excluding carboxylic acids is 2. The summed E-state index contributed by atoms with van der Waals surface area (Å²) in [5.74, 6) is -2.14. The third kappa shape index (κ3) is 3.22. The van der Waals surface area contributed by atoms with Gasteiger partial charge in [-0.3, -0.25) is 9.59 Å². The number of carbonyl (C=O) groups is 2. The van der Waals surface area contributed by atoms with Crippen LogP contribution in [0.25, 0.3) is 0 Å². The van der Waals surface area contributed by atoms with E-state index in [4.69, 9.17) is 28.9 Å². The maximum absolute atomic E-state index is 10.7. The lowest BCUT2D eigenvalue weighted by Gasteiger charge is -2.00. The summed E-state index contributed by atoms with van der Waals surface area (Å²) >= 11 is 11.7. The lowest BCUT2D eigenvalue weighted by molar-refractivity contribution is -0.137. The number of nitrogens with one attached hydrogen (secondary N) is 1. The maximum Gasteiger partial charge on any atom is 0.329 e. The number of rotatable bonds is 2. The highest BCUT2D eigenvalue weighted by molar-refractivity contribution is 6.38. The number of primary amides is 1. The average Bonchev–Trinajstić information content (AvgIpc) is 2.22. The lowest BCUT2D eigenvalue weighted by Crippen LogP contribution is -2.32. The zero-order valence-corrected chi connectivity index (χ0v) is 9.42. The molecule has 0 bridgehead atoms. The second-order valence-electron chi connectivity index (χ2n) is 2.70. The molecule has 1 aromatic carbocycles. The van der Waals surface area contributed by atoms with Crippen molar-refractivity contribution >= 4 is 41.2 Å². The Morgan fingerprint density at radius 3 is 2.38 bits per heavy atom. The lowest BCUT2D eigenvalue weighted by atomic mass is 10.2. The van der Waals surface area contributed by atoms with Crippen molar-refractivity contribution in [2.75, 3.05) is 0 Å². The first-order valence-electron chi connectivity index (χ1n) is 4.09. The Labute approximate surface area is 101 Å². The minimum absolute atomic E-state index is 0.379. The Hall–Kier alpha value is -1.59. The molecule has 0 heterocycles. The first-order chi connectivity index (χ1) is 7.52. The first-order valence-corrected chi connectivity index (χ1v) is 4.85. The molecule has 16 heavy (non-hydrogen) atoms. The molecule has 5 nitrogen and oxygen atoms in total. The van der Waals surface area contributed by atoms with E-state index < -0.39 is 11.8 Å². The molecular formula is C9H7Cl2N3O2. The second-order valence-corrected chi connectivity index (χ2v) is 3.51. The Morgan fingerprint density at radius 2 is 1.88 bits per heavy atom. The molecule has 0 aromatic heterocycles. The third-order valence-corrected chi connectivity index (χ3v) is 2.24. The second kappa shape index (κ2) is 5.48. The fourth-order valence-electron chi connectivity index (χ4n) is 0.845. The summed E-state index contributed by atoms with van der Waals surface area (Å²) in [6.07, 6.45) is 1.23. The van der Waals surface area contributed by atoms with Crippen molar-refractivity contribution in [3.63, 3.8) is 0 Å². The summed E-state index contributed by atoms with van der Waals surface area (Å²) in [5, 5.41) is 4.25. The molecule has 0 radical (unpaired) electrons. The van der Waals surface area contributed by atoms with Gasteiger partial charge >= 0.3 is 11.8 Å². The van der Waals surface area contributed by atoms with Crippen molar-refractivity contribution in [3.8, 4) is 0 Å². The van der Waals surface area contributed by atoms with Crippen molar-refractivity contribution in [2.24, 2.45) is 10.8 Å². The molecular weight excluding hydrogens is 253 g/mol. The van der Waals surface area contributed by atoms with E-state index in [1.807, 2.05) is 5.43 Å². The van der Waals surface area contributed by atoms with Crippen LogP contribution in [0.1, 0.15) is 5.56 Å². The Balaban J connectivity index is 2.77. The van der Waals surface area contributed by atoms with Gasteiger partial charge in [-0.25, -0.2) is 5.43 Å². The van der Waals surface area contributed by atoms with Gasteiger partial charge in [0.2, 0.25) is 0 Å². The molecule has 7 heteroatoms. The molecule has 0 atom stereocenters. The van der Waals surface area contributed by atoms with Crippen molar-refractivity contribution < 1.29 is 9.59 Å². The van der Waals surface area contributed by atoms with E-state index in [2.05, 4.69) is 5.10 Å². The molecule has 0 aliphatic rings. The molecule has 84 valence electrons. The average molecular weight is 260 g/mol. The predicted octanol–water partition coefficient (Wildman–Crippen LogP) is 0.929. The summed E-state index contributed by atoms with van der Waals surface area (Å²) in [6, 6.07) is 4.90. The van der Waals surface area contributed by atoms with E-state index >= 15 is 0 Å². The number of hydrogen-bond acceptors (Lipinski definition) is 3. The van der Waals surface area contributed by atoms with Crippen molar-refractivity contribution in [2.45, 2.75) is 0 Å². The Bertz CT molecular complexity index is 440. The molecule has 0 aliphatic heterocycles. The fourth-order valence-corrected chi connectivity index (χ4v) is 1.34. The summed E-state index contributed by atoms with van der Waals surface area (Å²) in [4.78, 5) is 21.1. The highest BCUT2D eigenvalue weighted by Crippen LogP contribution is 2.21. The zero-order chi connectivity index (χ0) is 12.1. The molecule has 3 N–H and O–H groups in total. The van der Waals surface area contributed by atoms with E-state index in [0.29, 0.717) is 15.6 Å². The van der Waals surface area contributed by atoms with E-state index in [-0.39, 0.29) is 0 Å². The minimum Gasteiger partial charge on any atom is -0.361 e. The van der Waals surface area contributed by atoms with Crippen LogP contribution in [0.3, 0.4) is 0 Å². The van der Waals surface area contributed by atoms with Gasteiger partial charge in [-0.1, -0.05) is 29.3 Å². The van der Waals surface area contributed by atoms with Crippen LogP contribution < -0.4 is 11.2 Å². The van der Waals surface area contributed by atoms with Gasteiger partial charge in [-0.15, -0.1) is 0 Å². The number of amides is 2. The van der Waals surface area contributed by atoms with Crippen LogP contribution in [-0.4, -0.2) is 18.0 Å². The van der Waals surface area contributed by atoms with Gasteiger partial charge in [-0.2, -0.15) is 5.10 Å². The number of nitrogens with zero attached hydrogens (tertiary/aromatic N) is 1. The number of halogens is 2. The predicted molar refractivity (Wildman–Crippen MR) is 61.4 cm³/mol. The SMILES string of the molecule is NC(=O)C(=O)NN=Cc1c(Cl)cccc1Cl. The molecule has 1 aromatic rings.